The number of nitrogens with one attached hydrogen (secondary N) is 1. The van der Waals surface area contributed by atoms with Gasteiger partial charge < -0.3 is 24.9 Å². The first-order valence-electron chi connectivity index (χ1n) is 15.1. The Kier molecular flexibility index (Phi) is 8.81. The molecule has 0 spiro atoms. The molecule has 0 saturated carbocycles. The zero-order chi connectivity index (χ0) is 31.9. The molecule has 0 aliphatic carbocycles. The molecule has 3 N–H and O–H groups in total. The van der Waals surface area contributed by atoms with Crippen LogP contribution >= 0.6 is 18.9 Å². The predicted molar refractivity (Wildman–Crippen MR) is 166 cm³/mol. The Morgan fingerprint density at radius 3 is 2.53 bits per heavy atom. The van der Waals surface area contributed by atoms with E-state index in [4.69, 9.17) is 0 Å². The molecule has 3 aliphatic heterocycles. The molecule has 2 aromatic carbocycles. The van der Waals surface area contributed by atoms with Gasteiger partial charge in [0.1, 0.15) is 12.1 Å². The number of carbonyl (C=O) groups is 3. The summed E-state index contributed by atoms with van der Waals surface area (Å²) in [5.41, 5.74) is 0.832. The molecule has 0 radical (unpaired) electrons. The summed E-state index contributed by atoms with van der Waals surface area (Å²) >= 11 is 1.13. The molecule has 236 valence electrons. The van der Waals surface area contributed by atoms with E-state index >= 15 is 0 Å². The van der Waals surface area contributed by atoms with Gasteiger partial charge >= 0.3 is 7.60 Å². The lowest BCUT2D eigenvalue weighted by atomic mass is 9.90. The third-order valence-corrected chi connectivity index (χ3v) is 11.3. The molecule has 3 saturated heterocycles. The van der Waals surface area contributed by atoms with Gasteiger partial charge in [-0.15, -0.1) is 11.3 Å². The standard InChI is InChI=1S/C32H34FN4O6PS/c33-29(44(41,42)43)20-10-13-27-21(14-20)15-28(45-27)30(38)35-25-9-5-4-8-23-11-12-26(37(23)31(25)39)32(40)36-17-22(16-34)24(18-36)19-6-2-1-3-7-19/h1-3,6-7,10,13-15,22-26,29H,4-5,8-9,11-12,17-18H2,(H,35,38)(H2,41,42,43)/t22-,23-,24+,25-,26-,29+/m0/s1. The average molecular weight is 653 g/mol. The lowest BCUT2D eigenvalue weighted by Gasteiger charge is -2.36. The van der Waals surface area contributed by atoms with Crippen LogP contribution in [-0.2, 0) is 14.2 Å². The number of nitriles is 1. The quantitative estimate of drug-likeness (QED) is 0.322. The summed E-state index contributed by atoms with van der Waals surface area (Å²) in [7, 11) is -4.98. The first-order valence-corrected chi connectivity index (χ1v) is 17.6. The van der Waals surface area contributed by atoms with E-state index < -0.39 is 31.5 Å². The summed E-state index contributed by atoms with van der Waals surface area (Å²) in [5, 5.41) is 13.2. The van der Waals surface area contributed by atoms with Gasteiger partial charge in [0.05, 0.1) is 16.9 Å². The fourth-order valence-electron chi connectivity index (χ4n) is 7.02. The van der Waals surface area contributed by atoms with Crippen molar-refractivity contribution in [3.8, 4) is 6.07 Å². The summed E-state index contributed by atoms with van der Waals surface area (Å²) in [4.78, 5) is 63.5. The van der Waals surface area contributed by atoms with Gasteiger partial charge in [-0.2, -0.15) is 5.26 Å². The Balaban J connectivity index is 1.18. The third-order valence-electron chi connectivity index (χ3n) is 9.29. The summed E-state index contributed by atoms with van der Waals surface area (Å²) in [6.45, 7) is 0.721. The van der Waals surface area contributed by atoms with Gasteiger partial charge in [0, 0.05) is 29.7 Å². The Morgan fingerprint density at radius 1 is 1.04 bits per heavy atom. The Labute approximate surface area is 264 Å². The number of hydrogen-bond donors (Lipinski definition) is 3. The van der Waals surface area contributed by atoms with E-state index in [2.05, 4.69) is 11.4 Å². The minimum absolute atomic E-state index is 0.0996. The van der Waals surface area contributed by atoms with Crippen molar-refractivity contribution in [3.05, 3.63) is 70.6 Å². The molecule has 0 unspecified atom stereocenters. The number of amides is 3. The van der Waals surface area contributed by atoms with E-state index in [-0.39, 0.29) is 40.1 Å². The number of fused-ring (bicyclic) bond motifs is 2. The van der Waals surface area contributed by atoms with E-state index in [1.165, 1.54) is 24.3 Å². The van der Waals surface area contributed by atoms with Crippen LogP contribution in [0.2, 0.25) is 0 Å². The van der Waals surface area contributed by atoms with Crippen LogP contribution in [0.1, 0.15) is 71.2 Å². The topological polar surface area (TPSA) is 151 Å². The Bertz CT molecular complexity index is 1710. The first kappa shape index (κ1) is 31.4. The van der Waals surface area contributed by atoms with Gasteiger partial charge in [-0.25, -0.2) is 4.39 Å². The molecule has 6 rings (SSSR count). The van der Waals surface area contributed by atoms with Crippen molar-refractivity contribution < 1.29 is 33.1 Å². The average Bonchev–Trinajstić information content (AvgIpc) is 3.77. The van der Waals surface area contributed by atoms with Gasteiger partial charge in [-0.05, 0) is 60.4 Å². The summed E-state index contributed by atoms with van der Waals surface area (Å²) in [6.07, 6.45) is 4.03. The van der Waals surface area contributed by atoms with Crippen LogP contribution in [0.25, 0.3) is 10.1 Å². The molecule has 13 heteroatoms. The maximum atomic E-state index is 14.3. The predicted octanol–water partition coefficient (Wildman–Crippen LogP) is 4.84. The zero-order valence-electron chi connectivity index (χ0n) is 24.4. The molecular formula is C32H34FN4O6PS. The molecule has 10 nitrogen and oxygen atoms in total. The monoisotopic (exact) mass is 652 g/mol. The van der Waals surface area contributed by atoms with Crippen LogP contribution in [0.3, 0.4) is 0 Å². The second kappa shape index (κ2) is 12.6. The zero-order valence-corrected chi connectivity index (χ0v) is 26.1. The highest BCUT2D eigenvalue weighted by molar-refractivity contribution is 7.51. The summed E-state index contributed by atoms with van der Waals surface area (Å²) in [6, 6.07) is 16.1. The molecule has 6 atom stereocenters. The number of benzene rings is 2. The normalized spacial score (nSPS) is 26.2. The number of likely N-dealkylation sites (tertiary alicyclic amines) is 1. The van der Waals surface area contributed by atoms with Crippen molar-refractivity contribution >= 4 is 46.7 Å². The van der Waals surface area contributed by atoms with Crippen molar-refractivity contribution in [2.45, 2.75) is 68.5 Å². The van der Waals surface area contributed by atoms with Gasteiger partial charge in [-0.1, -0.05) is 49.2 Å². The maximum absolute atomic E-state index is 14.3. The fraction of sp³-hybridized carbons (Fsp3) is 0.438. The van der Waals surface area contributed by atoms with Crippen LogP contribution in [-0.4, -0.2) is 68.5 Å². The number of hydrogen-bond acceptors (Lipinski definition) is 6. The van der Waals surface area contributed by atoms with E-state index in [0.717, 1.165) is 36.2 Å². The van der Waals surface area contributed by atoms with Gasteiger partial charge in [-0.3, -0.25) is 18.9 Å². The van der Waals surface area contributed by atoms with Gasteiger partial charge in [0.25, 0.3) is 5.91 Å². The minimum atomic E-state index is -4.98. The Morgan fingerprint density at radius 2 is 1.80 bits per heavy atom. The lowest BCUT2D eigenvalue weighted by Crippen LogP contribution is -2.56. The first-order chi connectivity index (χ1) is 21.5. The maximum Gasteiger partial charge on any atom is 0.363 e. The number of nitrogens with zero attached hydrogens (tertiary/aromatic N) is 3. The Hall–Kier alpha value is -3.62. The second-order valence-corrected chi connectivity index (χ2v) is 14.8. The molecule has 3 aromatic rings. The highest BCUT2D eigenvalue weighted by Gasteiger charge is 2.47. The molecule has 45 heavy (non-hydrogen) atoms. The van der Waals surface area contributed by atoms with E-state index in [0.29, 0.717) is 42.4 Å². The van der Waals surface area contributed by atoms with Crippen molar-refractivity contribution in [1.82, 2.24) is 15.1 Å². The lowest BCUT2D eigenvalue weighted by molar-refractivity contribution is -0.146. The highest BCUT2D eigenvalue weighted by atomic mass is 32.1. The van der Waals surface area contributed by atoms with Crippen molar-refractivity contribution in [2.75, 3.05) is 13.1 Å². The van der Waals surface area contributed by atoms with Crippen molar-refractivity contribution in [2.24, 2.45) is 5.92 Å². The largest absolute Gasteiger partial charge is 0.363 e. The number of thiophene rings is 1. The number of halogens is 1. The van der Waals surface area contributed by atoms with E-state index in [9.17, 15) is 38.4 Å². The number of carbonyl (C=O) groups excluding carboxylic acids is 3. The highest BCUT2D eigenvalue weighted by Crippen LogP contribution is 2.53. The summed E-state index contributed by atoms with van der Waals surface area (Å²) < 4.78 is 26.3. The van der Waals surface area contributed by atoms with Crippen LogP contribution in [0.4, 0.5) is 4.39 Å². The minimum Gasteiger partial charge on any atom is -0.340 e. The second-order valence-electron chi connectivity index (χ2n) is 12.1. The molecule has 4 heterocycles. The number of alkyl halides is 1. The van der Waals surface area contributed by atoms with Crippen LogP contribution in [0.15, 0.2) is 54.6 Å². The third kappa shape index (κ3) is 6.27. The van der Waals surface area contributed by atoms with Crippen molar-refractivity contribution in [1.29, 1.82) is 5.26 Å². The number of rotatable bonds is 6. The van der Waals surface area contributed by atoms with Gasteiger partial charge in [0.15, 0.2) is 0 Å². The van der Waals surface area contributed by atoms with E-state index in [1.54, 1.807) is 9.80 Å². The smallest absolute Gasteiger partial charge is 0.340 e. The van der Waals surface area contributed by atoms with Gasteiger partial charge in [0.2, 0.25) is 17.7 Å². The van der Waals surface area contributed by atoms with Crippen LogP contribution in [0, 0.1) is 17.2 Å². The summed E-state index contributed by atoms with van der Waals surface area (Å²) in [5.74, 6) is -3.83. The molecular weight excluding hydrogens is 618 g/mol. The molecule has 3 aliphatic rings. The molecule has 3 fully saturated rings. The fourth-order valence-corrected chi connectivity index (χ4v) is 8.51. The molecule has 0 bridgehead atoms. The van der Waals surface area contributed by atoms with Crippen LogP contribution in [0.5, 0.6) is 0 Å². The van der Waals surface area contributed by atoms with Crippen molar-refractivity contribution in [3.63, 3.8) is 0 Å². The SMILES string of the molecule is N#C[C@H]1CN(C(=O)[C@@H]2CC[C@@H]3CCCC[C@H](NC(=O)c4cc5cc([C@H](F)P(=O)(O)O)ccc5s4)C(=O)N32)C[C@@H]1c1ccccc1. The van der Waals surface area contributed by atoms with Crippen LogP contribution < -0.4 is 5.32 Å². The molecule has 1 aromatic heterocycles. The molecule has 3 amide bonds. The van der Waals surface area contributed by atoms with E-state index in [1.807, 2.05) is 30.3 Å².